The molecular formula is C11H19Br. The number of rotatable bonds is 1. The van der Waals surface area contributed by atoms with Gasteiger partial charge in [0.1, 0.15) is 0 Å². The molecular weight excluding hydrogens is 212 g/mol. The van der Waals surface area contributed by atoms with E-state index in [1.807, 2.05) is 0 Å². The Bertz CT molecular complexity index is 166. The molecule has 2 rings (SSSR count). The van der Waals surface area contributed by atoms with Crippen LogP contribution in [0.25, 0.3) is 0 Å². The zero-order chi connectivity index (χ0) is 8.60. The summed E-state index contributed by atoms with van der Waals surface area (Å²) in [6.45, 7) is 2.35. The van der Waals surface area contributed by atoms with Crippen LogP contribution in [-0.4, -0.2) is 4.32 Å². The highest BCUT2D eigenvalue weighted by atomic mass is 79.9. The smallest absolute Gasteiger partial charge is 0.0263 e. The molecule has 2 fully saturated rings. The summed E-state index contributed by atoms with van der Waals surface area (Å²) in [6, 6.07) is 0. The Morgan fingerprint density at radius 2 is 2.25 bits per heavy atom. The molecule has 2 aliphatic carbocycles. The van der Waals surface area contributed by atoms with Crippen LogP contribution in [0.3, 0.4) is 0 Å². The second-order valence-electron chi connectivity index (χ2n) is 4.83. The SMILES string of the molecule is CCC1CC2CCCC(Br)(C1)C2. The lowest BCUT2D eigenvalue weighted by molar-refractivity contribution is 0.162. The molecule has 0 aromatic heterocycles. The largest absolute Gasteiger partial charge is 0.0853 e. The van der Waals surface area contributed by atoms with Crippen molar-refractivity contribution in [2.45, 2.75) is 56.2 Å². The third-order valence-electron chi connectivity index (χ3n) is 3.79. The Morgan fingerprint density at radius 3 is 2.92 bits per heavy atom. The summed E-state index contributed by atoms with van der Waals surface area (Å²) in [6.07, 6.45) is 10.2. The zero-order valence-electron chi connectivity index (χ0n) is 7.98. The van der Waals surface area contributed by atoms with Crippen LogP contribution in [-0.2, 0) is 0 Å². The fraction of sp³-hybridized carbons (Fsp3) is 1.00. The summed E-state index contributed by atoms with van der Waals surface area (Å²) in [5, 5.41) is 0. The molecule has 3 atom stereocenters. The Morgan fingerprint density at radius 1 is 1.42 bits per heavy atom. The first-order valence-electron chi connectivity index (χ1n) is 5.41. The van der Waals surface area contributed by atoms with Gasteiger partial charge in [-0.05, 0) is 37.5 Å². The van der Waals surface area contributed by atoms with E-state index in [1.165, 1.54) is 44.9 Å². The molecule has 2 bridgehead atoms. The monoisotopic (exact) mass is 230 g/mol. The average Bonchev–Trinajstić information content (AvgIpc) is 2.02. The molecule has 0 aliphatic heterocycles. The van der Waals surface area contributed by atoms with Crippen molar-refractivity contribution in [2.24, 2.45) is 11.8 Å². The molecule has 3 unspecified atom stereocenters. The minimum absolute atomic E-state index is 0.564. The number of hydrogen-bond donors (Lipinski definition) is 0. The molecule has 2 saturated carbocycles. The van der Waals surface area contributed by atoms with Gasteiger partial charge >= 0.3 is 0 Å². The topological polar surface area (TPSA) is 0 Å². The van der Waals surface area contributed by atoms with Crippen LogP contribution in [0.15, 0.2) is 0 Å². The van der Waals surface area contributed by atoms with E-state index in [1.54, 1.807) is 0 Å². The van der Waals surface area contributed by atoms with E-state index in [-0.39, 0.29) is 0 Å². The van der Waals surface area contributed by atoms with Gasteiger partial charge in [-0.15, -0.1) is 0 Å². The maximum Gasteiger partial charge on any atom is 0.0263 e. The lowest BCUT2D eigenvalue weighted by Gasteiger charge is -2.45. The van der Waals surface area contributed by atoms with Crippen molar-refractivity contribution in [2.75, 3.05) is 0 Å². The third kappa shape index (κ3) is 1.71. The summed E-state index contributed by atoms with van der Waals surface area (Å²) >= 11 is 3.97. The predicted octanol–water partition coefficient (Wildman–Crippen LogP) is 4.13. The average molecular weight is 231 g/mol. The number of alkyl halides is 1. The highest BCUT2D eigenvalue weighted by Gasteiger charge is 2.40. The lowest BCUT2D eigenvalue weighted by Crippen LogP contribution is -2.37. The van der Waals surface area contributed by atoms with E-state index in [4.69, 9.17) is 0 Å². The summed E-state index contributed by atoms with van der Waals surface area (Å²) < 4.78 is 0.564. The number of fused-ring (bicyclic) bond motifs is 2. The zero-order valence-corrected chi connectivity index (χ0v) is 9.57. The van der Waals surface area contributed by atoms with E-state index in [9.17, 15) is 0 Å². The van der Waals surface area contributed by atoms with Crippen molar-refractivity contribution >= 4 is 15.9 Å². The molecule has 0 nitrogen and oxygen atoms in total. The van der Waals surface area contributed by atoms with Crippen molar-refractivity contribution in [3.05, 3.63) is 0 Å². The van der Waals surface area contributed by atoms with Gasteiger partial charge in [0, 0.05) is 4.32 Å². The molecule has 0 heterocycles. The fourth-order valence-corrected chi connectivity index (χ4v) is 4.39. The second kappa shape index (κ2) is 3.32. The van der Waals surface area contributed by atoms with Crippen LogP contribution in [0.5, 0.6) is 0 Å². The third-order valence-corrected chi connectivity index (χ3v) is 4.83. The van der Waals surface area contributed by atoms with Crippen LogP contribution in [0.2, 0.25) is 0 Å². The molecule has 2 aliphatic rings. The summed E-state index contributed by atoms with van der Waals surface area (Å²) in [5.74, 6) is 2.07. The van der Waals surface area contributed by atoms with E-state index in [0.717, 1.165) is 11.8 Å². The van der Waals surface area contributed by atoms with Gasteiger partial charge in [0.2, 0.25) is 0 Å². The van der Waals surface area contributed by atoms with Crippen LogP contribution in [0.4, 0.5) is 0 Å². The minimum atomic E-state index is 0.564. The predicted molar refractivity (Wildman–Crippen MR) is 56.6 cm³/mol. The molecule has 0 aromatic rings. The molecule has 70 valence electrons. The first kappa shape index (κ1) is 9.05. The van der Waals surface area contributed by atoms with Crippen molar-refractivity contribution in [1.82, 2.24) is 0 Å². The molecule has 0 N–H and O–H groups in total. The van der Waals surface area contributed by atoms with Gasteiger partial charge in [-0.25, -0.2) is 0 Å². The molecule has 0 spiro atoms. The second-order valence-corrected chi connectivity index (χ2v) is 6.51. The minimum Gasteiger partial charge on any atom is -0.0853 e. The van der Waals surface area contributed by atoms with Gasteiger partial charge in [0.05, 0.1) is 0 Å². The Labute approximate surface area is 84.2 Å². The quantitative estimate of drug-likeness (QED) is 0.595. The van der Waals surface area contributed by atoms with E-state index >= 15 is 0 Å². The molecule has 0 saturated heterocycles. The maximum absolute atomic E-state index is 3.97. The first-order chi connectivity index (χ1) is 5.72. The van der Waals surface area contributed by atoms with Crippen LogP contribution in [0.1, 0.15) is 51.9 Å². The van der Waals surface area contributed by atoms with Gasteiger partial charge in [-0.1, -0.05) is 42.1 Å². The van der Waals surface area contributed by atoms with Crippen molar-refractivity contribution < 1.29 is 0 Å². The van der Waals surface area contributed by atoms with E-state index in [0.29, 0.717) is 4.32 Å². The standard InChI is InChI=1S/C11H19Br/c1-2-9-6-10-4-3-5-11(12,7-9)8-10/h9-10H,2-8H2,1H3. The van der Waals surface area contributed by atoms with Crippen LogP contribution >= 0.6 is 15.9 Å². The fourth-order valence-electron chi connectivity index (χ4n) is 3.20. The molecule has 0 amide bonds. The molecule has 0 radical (unpaired) electrons. The van der Waals surface area contributed by atoms with Gasteiger partial charge in [0.15, 0.2) is 0 Å². The Hall–Kier alpha value is 0.480. The van der Waals surface area contributed by atoms with Crippen LogP contribution < -0.4 is 0 Å². The molecule has 1 heteroatoms. The summed E-state index contributed by atoms with van der Waals surface area (Å²) in [5.41, 5.74) is 0. The van der Waals surface area contributed by atoms with Gasteiger partial charge in [-0.2, -0.15) is 0 Å². The van der Waals surface area contributed by atoms with Crippen molar-refractivity contribution in [3.63, 3.8) is 0 Å². The van der Waals surface area contributed by atoms with Gasteiger partial charge in [-0.3, -0.25) is 0 Å². The first-order valence-corrected chi connectivity index (χ1v) is 6.20. The maximum atomic E-state index is 3.97. The highest BCUT2D eigenvalue weighted by molar-refractivity contribution is 9.10. The normalized spacial score (nSPS) is 47.5. The van der Waals surface area contributed by atoms with E-state index in [2.05, 4.69) is 22.9 Å². The summed E-state index contributed by atoms with van der Waals surface area (Å²) in [4.78, 5) is 0. The number of halogens is 1. The van der Waals surface area contributed by atoms with Crippen molar-refractivity contribution in [1.29, 1.82) is 0 Å². The molecule has 12 heavy (non-hydrogen) atoms. The number of hydrogen-bond acceptors (Lipinski definition) is 0. The highest BCUT2D eigenvalue weighted by Crippen LogP contribution is 2.50. The lowest BCUT2D eigenvalue weighted by atomic mass is 9.67. The summed E-state index contributed by atoms with van der Waals surface area (Å²) in [7, 11) is 0. The van der Waals surface area contributed by atoms with E-state index < -0.39 is 0 Å². The Kier molecular flexibility index (Phi) is 2.51. The van der Waals surface area contributed by atoms with Crippen LogP contribution in [0, 0.1) is 11.8 Å². The van der Waals surface area contributed by atoms with Crippen molar-refractivity contribution in [3.8, 4) is 0 Å². The van der Waals surface area contributed by atoms with Gasteiger partial charge in [0.25, 0.3) is 0 Å². The van der Waals surface area contributed by atoms with Gasteiger partial charge < -0.3 is 0 Å². The Balaban J connectivity index is 2.05. The molecule has 0 aromatic carbocycles.